The van der Waals surface area contributed by atoms with Gasteiger partial charge < -0.3 is 4.55 Å². The molecule has 6 heteroatoms. The van der Waals surface area contributed by atoms with Gasteiger partial charge in [0.15, 0.2) is 0 Å². The van der Waals surface area contributed by atoms with E-state index < -0.39 is 10.4 Å². The van der Waals surface area contributed by atoms with Crippen molar-refractivity contribution in [3.8, 4) is 0 Å². The van der Waals surface area contributed by atoms with Gasteiger partial charge in [0.25, 0.3) is 0 Å². The quantitative estimate of drug-likeness (QED) is 0.217. The molecule has 0 atom stereocenters. The zero-order valence-corrected chi connectivity index (χ0v) is 13.3. The molecule has 0 heterocycles. The Hall–Kier alpha value is 0.467. The largest absolute Gasteiger partial charge is 1.00 e. The number of hydrogen-bond acceptors (Lipinski definition) is 4. The Bertz CT molecular complexity index is 268. The van der Waals surface area contributed by atoms with Crippen molar-refractivity contribution in [3.63, 3.8) is 0 Å². The Morgan fingerprint density at radius 1 is 0.789 bits per heavy atom. The van der Waals surface area contributed by atoms with E-state index in [1.165, 1.54) is 51.4 Å². The van der Waals surface area contributed by atoms with E-state index in [4.69, 9.17) is 0 Å². The summed E-state index contributed by atoms with van der Waals surface area (Å²) in [5, 5.41) is 0. The first-order valence-corrected chi connectivity index (χ1v) is 8.50. The molecule has 0 unspecified atom stereocenters. The van der Waals surface area contributed by atoms with Gasteiger partial charge in [0.1, 0.15) is 0 Å². The molecule has 0 radical (unpaired) electrons. The van der Waals surface area contributed by atoms with E-state index in [0.717, 1.165) is 12.8 Å². The zero-order valence-electron chi connectivity index (χ0n) is 12.5. The Kier molecular flexibility index (Phi) is 17.0. The zero-order chi connectivity index (χ0) is 13.7. The average molecular weight is 286 g/mol. The number of unbranched alkanes of at least 4 members (excludes halogenated alkanes) is 10. The summed E-state index contributed by atoms with van der Waals surface area (Å²) >= 11 is 0. The Morgan fingerprint density at radius 3 is 1.53 bits per heavy atom. The van der Waals surface area contributed by atoms with Crippen LogP contribution in [0.15, 0.2) is 0 Å². The third-order valence-electron chi connectivity index (χ3n) is 2.98. The van der Waals surface area contributed by atoms with E-state index in [2.05, 4.69) is 11.1 Å². The molecule has 0 bridgehead atoms. The molecule has 19 heavy (non-hydrogen) atoms. The van der Waals surface area contributed by atoms with Gasteiger partial charge in [-0.15, -0.1) is 0 Å². The van der Waals surface area contributed by atoms with Gasteiger partial charge in [-0.25, -0.2) is 8.42 Å². The molecule has 4 nitrogen and oxygen atoms in total. The second-order valence-electron chi connectivity index (χ2n) is 4.77. The molecular weight excluding hydrogens is 259 g/mol. The van der Waals surface area contributed by atoms with E-state index in [1.54, 1.807) is 0 Å². The summed E-state index contributed by atoms with van der Waals surface area (Å²) in [6.45, 7) is 2.25. The molecule has 110 valence electrons. The molecule has 0 aromatic carbocycles. The first-order valence-electron chi connectivity index (χ1n) is 7.16. The second kappa shape index (κ2) is 14.9. The first kappa shape index (κ1) is 21.8. The summed E-state index contributed by atoms with van der Waals surface area (Å²) in [4.78, 5) is 0. The van der Waals surface area contributed by atoms with Crippen LogP contribution >= 0.6 is 0 Å². The minimum atomic E-state index is -4.49. The minimum absolute atomic E-state index is 0. The second-order valence-corrected chi connectivity index (χ2v) is 5.82. The monoisotopic (exact) mass is 286 g/mol. The van der Waals surface area contributed by atoms with Crippen LogP contribution in [-0.2, 0) is 14.6 Å². The van der Waals surface area contributed by atoms with Crippen molar-refractivity contribution < 1.29 is 36.0 Å². The number of hydrogen-bond donors (Lipinski definition) is 0. The van der Waals surface area contributed by atoms with Gasteiger partial charge in [0.2, 0.25) is 10.4 Å². The molecule has 0 aliphatic carbocycles. The minimum Gasteiger partial charge on any atom is -0.726 e. The summed E-state index contributed by atoms with van der Waals surface area (Å²) < 4.78 is 34.5. The Balaban J connectivity index is 0. The van der Waals surface area contributed by atoms with Crippen LogP contribution in [0.3, 0.4) is 0 Å². The van der Waals surface area contributed by atoms with Crippen LogP contribution < -0.4 is 18.9 Å². The summed E-state index contributed by atoms with van der Waals surface area (Å²) in [6.07, 6.45) is 13.1. The fourth-order valence-corrected chi connectivity index (χ4v) is 2.25. The average Bonchev–Trinajstić information content (AvgIpc) is 2.29. The fourth-order valence-electron chi connectivity index (χ4n) is 1.93. The predicted molar refractivity (Wildman–Crippen MR) is 72.1 cm³/mol. The van der Waals surface area contributed by atoms with Gasteiger partial charge in [-0.2, -0.15) is 0 Å². The van der Waals surface area contributed by atoms with Crippen LogP contribution in [0.2, 0.25) is 0 Å². The third kappa shape index (κ3) is 20.9. The van der Waals surface area contributed by atoms with Crippen LogP contribution in [0.1, 0.15) is 77.6 Å². The Morgan fingerprint density at radius 2 is 1.16 bits per heavy atom. The molecule has 0 amide bonds. The smallest absolute Gasteiger partial charge is 0.726 e. The summed E-state index contributed by atoms with van der Waals surface area (Å²) in [7, 11) is -4.49. The molecule has 0 N–H and O–H groups in total. The summed E-state index contributed by atoms with van der Waals surface area (Å²) in [5.74, 6) is 0. The topological polar surface area (TPSA) is 66.4 Å². The maximum absolute atomic E-state index is 10.1. The molecular formula is C13H27LiO4S. The normalized spacial score (nSPS) is 11.3. The van der Waals surface area contributed by atoms with Gasteiger partial charge in [0, 0.05) is 0 Å². The van der Waals surface area contributed by atoms with Crippen molar-refractivity contribution in [2.45, 2.75) is 77.6 Å². The maximum atomic E-state index is 10.1. The van der Waals surface area contributed by atoms with Crippen molar-refractivity contribution in [2.24, 2.45) is 0 Å². The van der Waals surface area contributed by atoms with Crippen molar-refractivity contribution in [3.05, 3.63) is 0 Å². The van der Waals surface area contributed by atoms with E-state index in [0.29, 0.717) is 6.42 Å². The first-order chi connectivity index (χ1) is 8.56. The Labute approximate surface area is 130 Å². The molecule has 0 spiro atoms. The van der Waals surface area contributed by atoms with E-state index in [9.17, 15) is 13.0 Å². The van der Waals surface area contributed by atoms with Crippen LogP contribution in [0.5, 0.6) is 0 Å². The van der Waals surface area contributed by atoms with Crippen LogP contribution in [0.4, 0.5) is 0 Å². The molecule has 0 aliphatic heterocycles. The van der Waals surface area contributed by atoms with Crippen molar-refractivity contribution in [1.82, 2.24) is 0 Å². The molecule has 0 aromatic rings. The molecule has 0 rings (SSSR count). The van der Waals surface area contributed by atoms with Crippen LogP contribution in [-0.4, -0.2) is 19.6 Å². The third-order valence-corrected chi connectivity index (χ3v) is 3.43. The molecule has 0 fully saturated rings. The molecule has 0 aromatic heterocycles. The van der Waals surface area contributed by atoms with E-state index in [1.807, 2.05) is 0 Å². The maximum Gasteiger partial charge on any atom is 1.00 e. The van der Waals surface area contributed by atoms with Gasteiger partial charge in [-0.3, -0.25) is 4.18 Å². The fraction of sp³-hybridized carbons (Fsp3) is 1.00. The van der Waals surface area contributed by atoms with E-state index >= 15 is 0 Å². The predicted octanol–water partition coefficient (Wildman–Crippen LogP) is 0.778. The van der Waals surface area contributed by atoms with Crippen LogP contribution in [0, 0.1) is 0 Å². The molecule has 0 saturated heterocycles. The van der Waals surface area contributed by atoms with Crippen molar-refractivity contribution in [2.75, 3.05) is 6.61 Å². The van der Waals surface area contributed by atoms with Crippen LogP contribution in [0.25, 0.3) is 0 Å². The summed E-state index contributed by atoms with van der Waals surface area (Å²) in [6, 6.07) is 0. The molecule has 0 saturated carbocycles. The van der Waals surface area contributed by atoms with Gasteiger partial charge in [-0.1, -0.05) is 71.1 Å². The van der Waals surface area contributed by atoms with Crippen molar-refractivity contribution >= 4 is 10.4 Å². The summed E-state index contributed by atoms with van der Waals surface area (Å²) in [5.41, 5.74) is 0. The molecule has 0 aliphatic rings. The van der Waals surface area contributed by atoms with Crippen molar-refractivity contribution in [1.29, 1.82) is 0 Å². The van der Waals surface area contributed by atoms with Gasteiger partial charge in [0.05, 0.1) is 6.61 Å². The standard InChI is InChI=1S/C13H28O4S.Li/c1-2-3-4-5-6-7-8-9-10-11-12-13-17-18(14,15)16;/h2-13H2,1H3,(H,14,15,16);/q;+1/p-1. The number of rotatable bonds is 13. The SMILES string of the molecule is CCCCCCCCCCCCCOS(=O)(=O)[O-].[Li+]. The van der Waals surface area contributed by atoms with Gasteiger partial charge in [-0.05, 0) is 6.42 Å². The van der Waals surface area contributed by atoms with E-state index in [-0.39, 0.29) is 25.5 Å². The van der Waals surface area contributed by atoms with Gasteiger partial charge >= 0.3 is 18.9 Å².